The standard InChI is InChI=1S/C14H23N5O/c1-11(2)9-15-13-8-14(17-12(3)16-13)19-6-4-18(10-20)5-7-19/h8,10-11H,4-7,9H2,1-3H3,(H,15,16,17). The van der Waals surface area contributed by atoms with E-state index in [1.807, 2.05) is 13.0 Å². The van der Waals surface area contributed by atoms with Gasteiger partial charge in [-0.25, -0.2) is 9.97 Å². The Bertz CT molecular complexity index is 455. The Morgan fingerprint density at radius 1 is 1.30 bits per heavy atom. The van der Waals surface area contributed by atoms with E-state index in [2.05, 4.69) is 34.0 Å². The third-order valence-corrected chi connectivity index (χ3v) is 3.30. The second kappa shape index (κ2) is 6.54. The van der Waals surface area contributed by atoms with Crippen LogP contribution < -0.4 is 10.2 Å². The monoisotopic (exact) mass is 277 g/mol. The van der Waals surface area contributed by atoms with Crippen LogP contribution in [0.5, 0.6) is 0 Å². The average molecular weight is 277 g/mol. The molecule has 1 fully saturated rings. The Labute approximate surface area is 120 Å². The number of hydrogen-bond donors (Lipinski definition) is 1. The molecule has 1 N–H and O–H groups in total. The highest BCUT2D eigenvalue weighted by atomic mass is 16.1. The first-order valence-corrected chi connectivity index (χ1v) is 7.12. The van der Waals surface area contributed by atoms with Crippen LogP contribution in [-0.2, 0) is 4.79 Å². The molecular weight excluding hydrogens is 254 g/mol. The van der Waals surface area contributed by atoms with Crippen molar-refractivity contribution < 1.29 is 4.79 Å². The maximum atomic E-state index is 10.7. The third-order valence-electron chi connectivity index (χ3n) is 3.30. The minimum atomic E-state index is 0.574. The van der Waals surface area contributed by atoms with Crippen molar-refractivity contribution in [1.82, 2.24) is 14.9 Å². The Balaban J connectivity index is 2.06. The molecule has 1 amide bonds. The first kappa shape index (κ1) is 14.6. The Morgan fingerprint density at radius 2 is 2.00 bits per heavy atom. The van der Waals surface area contributed by atoms with Gasteiger partial charge in [0.15, 0.2) is 0 Å². The van der Waals surface area contributed by atoms with Gasteiger partial charge in [-0.2, -0.15) is 0 Å². The van der Waals surface area contributed by atoms with Gasteiger partial charge in [-0.05, 0) is 12.8 Å². The molecule has 0 radical (unpaired) electrons. The van der Waals surface area contributed by atoms with E-state index in [-0.39, 0.29) is 0 Å². The van der Waals surface area contributed by atoms with Crippen molar-refractivity contribution in [3.63, 3.8) is 0 Å². The molecule has 0 atom stereocenters. The topological polar surface area (TPSA) is 61.4 Å². The number of carbonyl (C=O) groups is 1. The van der Waals surface area contributed by atoms with Crippen molar-refractivity contribution in [2.45, 2.75) is 20.8 Å². The Kier molecular flexibility index (Phi) is 4.76. The summed E-state index contributed by atoms with van der Waals surface area (Å²) in [6.07, 6.45) is 0.915. The largest absolute Gasteiger partial charge is 0.370 e. The smallest absolute Gasteiger partial charge is 0.209 e. The van der Waals surface area contributed by atoms with Crippen LogP contribution in [-0.4, -0.2) is 54.0 Å². The summed E-state index contributed by atoms with van der Waals surface area (Å²) in [6, 6.07) is 1.99. The molecule has 0 spiro atoms. The number of aryl methyl sites for hydroxylation is 1. The van der Waals surface area contributed by atoms with Gasteiger partial charge in [-0.3, -0.25) is 4.79 Å². The number of nitrogens with one attached hydrogen (secondary N) is 1. The van der Waals surface area contributed by atoms with Crippen molar-refractivity contribution >= 4 is 18.0 Å². The van der Waals surface area contributed by atoms with Crippen LogP contribution in [0.1, 0.15) is 19.7 Å². The maximum Gasteiger partial charge on any atom is 0.209 e. The molecular formula is C14H23N5O. The Hall–Kier alpha value is -1.85. The van der Waals surface area contributed by atoms with Crippen LogP contribution >= 0.6 is 0 Å². The summed E-state index contributed by atoms with van der Waals surface area (Å²) in [7, 11) is 0. The summed E-state index contributed by atoms with van der Waals surface area (Å²) in [6.45, 7) is 10.3. The number of piperazine rings is 1. The minimum absolute atomic E-state index is 0.574. The minimum Gasteiger partial charge on any atom is -0.370 e. The van der Waals surface area contributed by atoms with Crippen molar-refractivity contribution in [3.8, 4) is 0 Å². The molecule has 20 heavy (non-hydrogen) atoms. The SMILES string of the molecule is Cc1nc(NCC(C)C)cc(N2CCN(C=O)CC2)n1. The molecule has 0 aliphatic carbocycles. The lowest BCUT2D eigenvalue weighted by atomic mass is 10.2. The van der Waals surface area contributed by atoms with Gasteiger partial charge in [0.2, 0.25) is 6.41 Å². The van der Waals surface area contributed by atoms with Crippen molar-refractivity contribution in [2.75, 3.05) is 42.9 Å². The summed E-state index contributed by atoms with van der Waals surface area (Å²) in [4.78, 5) is 23.6. The summed E-state index contributed by atoms with van der Waals surface area (Å²) >= 11 is 0. The normalized spacial score (nSPS) is 15.6. The van der Waals surface area contributed by atoms with Crippen LogP contribution in [0.25, 0.3) is 0 Å². The zero-order chi connectivity index (χ0) is 14.5. The van der Waals surface area contributed by atoms with Crippen LogP contribution in [0.15, 0.2) is 6.07 Å². The molecule has 1 aromatic heterocycles. The van der Waals surface area contributed by atoms with Crippen LogP contribution in [0.2, 0.25) is 0 Å². The Morgan fingerprint density at radius 3 is 2.60 bits per heavy atom. The van der Waals surface area contributed by atoms with Crippen molar-refractivity contribution in [2.24, 2.45) is 5.92 Å². The number of nitrogens with zero attached hydrogens (tertiary/aromatic N) is 4. The molecule has 0 bridgehead atoms. The zero-order valence-electron chi connectivity index (χ0n) is 12.5. The summed E-state index contributed by atoms with van der Waals surface area (Å²) < 4.78 is 0. The van der Waals surface area contributed by atoms with Crippen LogP contribution in [0.3, 0.4) is 0 Å². The van der Waals surface area contributed by atoms with Gasteiger partial charge < -0.3 is 15.1 Å². The highest BCUT2D eigenvalue weighted by molar-refractivity contribution is 5.52. The van der Waals surface area contributed by atoms with Crippen LogP contribution in [0, 0.1) is 12.8 Å². The van der Waals surface area contributed by atoms with E-state index in [1.165, 1.54) is 0 Å². The fourth-order valence-electron chi connectivity index (χ4n) is 2.17. The first-order chi connectivity index (χ1) is 9.58. The van der Waals surface area contributed by atoms with Gasteiger partial charge >= 0.3 is 0 Å². The van der Waals surface area contributed by atoms with Gasteiger partial charge in [0.25, 0.3) is 0 Å². The highest BCUT2D eigenvalue weighted by Crippen LogP contribution is 2.17. The predicted molar refractivity (Wildman–Crippen MR) is 79.9 cm³/mol. The number of aromatic nitrogens is 2. The molecule has 1 aliphatic heterocycles. The second-order valence-electron chi connectivity index (χ2n) is 5.56. The van der Waals surface area contributed by atoms with E-state index < -0.39 is 0 Å². The number of hydrogen-bond acceptors (Lipinski definition) is 5. The fraction of sp³-hybridized carbons (Fsp3) is 0.643. The van der Waals surface area contributed by atoms with E-state index >= 15 is 0 Å². The van der Waals surface area contributed by atoms with E-state index in [0.717, 1.165) is 56.6 Å². The summed E-state index contributed by atoms with van der Waals surface area (Å²) in [5, 5.41) is 3.34. The number of carbonyl (C=O) groups excluding carboxylic acids is 1. The summed E-state index contributed by atoms with van der Waals surface area (Å²) in [5.74, 6) is 3.16. The third kappa shape index (κ3) is 3.82. The number of amides is 1. The zero-order valence-corrected chi connectivity index (χ0v) is 12.5. The van der Waals surface area contributed by atoms with Crippen LogP contribution in [0.4, 0.5) is 11.6 Å². The molecule has 6 nitrogen and oxygen atoms in total. The molecule has 1 saturated heterocycles. The van der Waals surface area contributed by atoms with E-state index in [0.29, 0.717) is 5.92 Å². The lowest BCUT2D eigenvalue weighted by molar-refractivity contribution is -0.118. The molecule has 2 heterocycles. The first-order valence-electron chi connectivity index (χ1n) is 7.12. The number of anilines is 2. The average Bonchev–Trinajstić information content (AvgIpc) is 2.44. The van der Waals surface area contributed by atoms with Gasteiger partial charge in [0.1, 0.15) is 17.5 Å². The second-order valence-corrected chi connectivity index (χ2v) is 5.56. The molecule has 6 heteroatoms. The quantitative estimate of drug-likeness (QED) is 0.818. The predicted octanol–water partition coefficient (Wildman–Crippen LogP) is 1.13. The molecule has 2 rings (SSSR count). The fourth-order valence-corrected chi connectivity index (χ4v) is 2.17. The van der Waals surface area contributed by atoms with E-state index in [9.17, 15) is 4.79 Å². The molecule has 1 aromatic rings. The molecule has 0 unspecified atom stereocenters. The van der Waals surface area contributed by atoms with Crippen molar-refractivity contribution in [3.05, 3.63) is 11.9 Å². The van der Waals surface area contributed by atoms with Gasteiger partial charge in [-0.1, -0.05) is 13.8 Å². The van der Waals surface area contributed by atoms with E-state index in [1.54, 1.807) is 4.90 Å². The lowest BCUT2D eigenvalue weighted by Crippen LogP contribution is -2.46. The molecule has 0 aromatic carbocycles. The van der Waals surface area contributed by atoms with Gasteiger partial charge in [0.05, 0.1) is 0 Å². The van der Waals surface area contributed by atoms with Gasteiger partial charge in [-0.15, -0.1) is 0 Å². The lowest BCUT2D eigenvalue weighted by Gasteiger charge is -2.33. The maximum absolute atomic E-state index is 10.7. The highest BCUT2D eigenvalue weighted by Gasteiger charge is 2.17. The molecule has 0 saturated carbocycles. The van der Waals surface area contributed by atoms with Gasteiger partial charge in [0, 0.05) is 38.8 Å². The van der Waals surface area contributed by atoms with Crippen molar-refractivity contribution in [1.29, 1.82) is 0 Å². The summed E-state index contributed by atoms with van der Waals surface area (Å²) in [5.41, 5.74) is 0. The molecule has 110 valence electrons. The van der Waals surface area contributed by atoms with E-state index in [4.69, 9.17) is 0 Å². The number of rotatable bonds is 5. The molecule has 1 aliphatic rings.